The van der Waals surface area contributed by atoms with Gasteiger partial charge in [-0.05, 0) is 31.6 Å². The van der Waals surface area contributed by atoms with E-state index in [4.69, 9.17) is 0 Å². The van der Waals surface area contributed by atoms with Crippen LogP contribution in [0.3, 0.4) is 0 Å². The second kappa shape index (κ2) is 5.88. The van der Waals surface area contributed by atoms with Gasteiger partial charge in [-0.25, -0.2) is 4.98 Å². The van der Waals surface area contributed by atoms with Crippen molar-refractivity contribution in [3.05, 3.63) is 16.1 Å². The molecule has 1 amide bonds. The first-order chi connectivity index (χ1) is 10.0. The number of amides is 1. The molecule has 112 valence electrons. The fourth-order valence-corrected chi connectivity index (χ4v) is 4.59. The van der Waals surface area contributed by atoms with E-state index in [1.807, 2.05) is 17.2 Å². The minimum atomic E-state index is 0.0652. The largest absolute Gasteiger partial charge is 0.340 e. The standard InChI is InChI=1S/C16H19IN2OS/c1-3-4-14(17)15(20)19-8-12-7-16(12,10-19)6-5-13-9-21-11(2)18-13/h9,12,14H,3-4,7-8,10H2,1-2H3. The van der Waals surface area contributed by atoms with Crippen LogP contribution in [0.25, 0.3) is 0 Å². The SMILES string of the molecule is CCCC(I)C(=O)N1CC2CC2(C#Cc2csc(C)n2)C1. The zero-order valence-corrected chi connectivity index (χ0v) is 15.3. The van der Waals surface area contributed by atoms with Crippen LogP contribution in [0.2, 0.25) is 0 Å². The van der Waals surface area contributed by atoms with Crippen molar-refractivity contribution in [2.75, 3.05) is 13.1 Å². The van der Waals surface area contributed by atoms with Crippen molar-refractivity contribution in [1.82, 2.24) is 9.88 Å². The van der Waals surface area contributed by atoms with Crippen LogP contribution in [0.1, 0.15) is 36.9 Å². The third kappa shape index (κ3) is 3.11. The molecule has 2 aliphatic rings. The normalized spacial score (nSPS) is 27.8. The number of halogens is 1. The van der Waals surface area contributed by atoms with Gasteiger partial charge in [0.15, 0.2) is 0 Å². The smallest absolute Gasteiger partial charge is 0.235 e. The summed E-state index contributed by atoms with van der Waals surface area (Å²) in [6.07, 6.45) is 3.18. The Morgan fingerprint density at radius 1 is 1.71 bits per heavy atom. The molecule has 0 bridgehead atoms. The van der Waals surface area contributed by atoms with E-state index in [1.54, 1.807) is 11.3 Å². The summed E-state index contributed by atoms with van der Waals surface area (Å²) < 4.78 is 0.122. The summed E-state index contributed by atoms with van der Waals surface area (Å²) in [7, 11) is 0. The summed E-state index contributed by atoms with van der Waals surface area (Å²) in [5.74, 6) is 7.51. The Hall–Kier alpha value is -0.610. The summed E-state index contributed by atoms with van der Waals surface area (Å²) >= 11 is 3.92. The maximum absolute atomic E-state index is 12.4. The Labute approximate surface area is 143 Å². The second-order valence-corrected chi connectivity index (χ2v) is 8.60. The van der Waals surface area contributed by atoms with Gasteiger partial charge in [-0.1, -0.05) is 41.9 Å². The van der Waals surface area contributed by atoms with Gasteiger partial charge in [-0.3, -0.25) is 4.79 Å². The van der Waals surface area contributed by atoms with Gasteiger partial charge in [0.2, 0.25) is 5.91 Å². The summed E-state index contributed by atoms with van der Waals surface area (Å²) in [5, 5.41) is 3.07. The Balaban J connectivity index is 1.65. The summed E-state index contributed by atoms with van der Waals surface area (Å²) in [4.78, 5) is 18.8. The van der Waals surface area contributed by atoms with E-state index in [1.165, 1.54) is 0 Å². The van der Waals surface area contributed by atoms with Gasteiger partial charge >= 0.3 is 0 Å². The van der Waals surface area contributed by atoms with Crippen LogP contribution >= 0.6 is 33.9 Å². The molecule has 5 heteroatoms. The van der Waals surface area contributed by atoms with Crippen LogP contribution in [0.15, 0.2) is 5.38 Å². The molecule has 0 aromatic carbocycles. The highest BCUT2D eigenvalue weighted by Gasteiger charge is 2.60. The number of aryl methyl sites for hydroxylation is 1. The molecular weight excluding hydrogens is 395 g/mol. The van der Waals surface area contributed by atoms with E-state index in [9.17, 15) is 4.79 Å². The highest BCUT2D eigenvalue weighted by molar-refractivity contribution is 14.1. The lowest BCUT2D eigenvalue weighted by molar-refractivity contribution is -0.129. The lowest BCUT2D eigenvalue weighted by atomic mass is 10.1. The third-order valence-electron chi connectivity index (χ3n) is 4.33. The lowest BCUT2D eigenvalue weighted by Gasteiger charge is -2.22. The molecule has 1 aromatic heterocycles. The number of hydrogen-bond acceptors (Lipinski definition) is 3. The van der Waals surface area contributed by atoms with Gasteiger partial charge in [-0.15, -0.1) is 11.3 Å². The summed E-state index contributed by atoms with van der Waals surface area (Å²) in [6.45, 7) is 5.84. The fraction of sp³-hybridized carbons (Fsp3) is 0.625. The van der Waals surface area contributed by atoms with Crippen molar-refractivity contribution >= 4 is 39.8 Å². The van der Waals surface area contributed by atoms with E-state index >= 15 is 0 Å². The van der Waals surface area contributed by atoms with Gasteiger partial charge in [-0.2, -0.15) is 0 Å². The van der Waals surface area contributed by atoms with Crippen LogP contribution in [0.4, 0.5) is 0 Å². The van der Waals surface area contributed by atoms with Crippen LogP contribution in [0.5, 0.6) is 0 Å². The third-order valence-corrected chi connectivity index (χ3v) is 6.26. The number of hydrogen-bond donors (Lipinski definition) is 0. The second-order valence-electron chi connectivity index (χ2n) is 6.03. The van der Waals surface area contributed by atoms with Gasteiger partial charge in [0.1, 0.15) is 5.69 Å². The van der Waals surface area contributed by atoms with Crippen molar-refractivity contribution in [2.45, 2.75) is 37.0 Å². The van der Waals surface area contributed by atoms with Crippen molar-refractivity contribution in [1.29, 1.82) is 0 Å². The van der Waals surface area contributed by atoms with Gasteiger partial charge in [0, 0.05) is 18.5 Å². The Morgan fingerprint density at radius 2 is 2.52 bits per heavy atom. The number of carbonyl (C=O) groups excluding carboxylic acids is 1. The van der Waals surface area contributed by atoms with Gasteiger partial charge in [0.25, 0.3) is 0 Å². The maximum Gasteiger partial charge on any atom is 0.235 e. The molecule has 1 saturated carbocycles. The highest BCUT2D eigenvalue weighted by atomic mass is 127. The zero-order chi connectivity index (χ0) is 15.0. The molecule has 2 fully saturated rings. The quantitative estimate of drug-likeness (QED) is 0.432. The molecule has 1 aliphatic carbocycles. The van der Waals surface area contributed by atoms with Crippen LogP contribution in [-0.2, 0) is 4.79 Å². The Morgan fingerprint density at radius 3 is 3.19 bits per heavy atom. The molecule has 21 heavy (non-hydrogen) atoms. The minimum absolute atomic E-state index is 0.0652. The summed E-state index contributed by atoms with van der Waals surface area (Å²) in [5.41, 5.74) is 0.940. The molecule has 1 aromatic rings. The highest BCUT2D eigenvalue weighted by Crippen LogP contribution is 2.57. The van der Waals surface area contributed by atoms with Crippen molar-refractivity contribution in [3.8, 4) is 11.8 Å². The predicted octanol–water partition coefficient (Wildman–Crippen LogP) is 3.26. The Kier molecular flexibility index (Phi) is 4.28. The van der Waals surface area contributed by atoms with Crippen molar-refractivity contribution in [2.24, 2.45) is 11.3 Å². The molecule has 3 atom stereocenters. The number of carbonyl (C=O) groups is 1. The molecule has 2 heterocycles. The molecule has 0 radical (unpaired) electrons. The monoisotopic (exact) mass is 414 g/mol. The number of thiazole rings is 1. The number of aromatic nitrogens is 1. The van der Waals surface area contributed by atoms with Crippen molar-refractivity contribution in [3.63, 3.8) is 0 Å². The first-order valence-corrected chi connectivity index (χ1v) is 9.55. The van der Waals surface area contributed by atoms with Gasteiger partial charge < -0.3 is 4.90 Å². The van der Waals surface area contributed by atoms with E-state index in [0.717, 1.165) is 43.1 Å². The summed E-state index contributed by atoms with van der Waals surface area (Å²) in [6, 6.07) is 0. The average molecular weight is 414 g/mol. The number of piperidine rings is 1. The van der Waals surface area contributed by atoms with E-state index < -0.39 is 0 Å². The first kappa shape index (κ1) is 15.3. The first-order valence-electron chi connectivity index (χ1n) is 7.42. The van der Waals surface area contributed by atoms with Crippen molar-refractivity contribution < 1.29 is 4.79 Å². The van der Waals surface area contributed by atoms with E-state index in [2.05, 4.69) is 46.3 Å². The molecule has 1 saturated heterocycles. The van der Waals surface area contributed by atoms with Crippen LogP contribution < -0.4 is 0 Å². The number of fused-ring (bicyclic) bond motifs is 1. The fourth-order valence-electron chi connectivity index (χ4n) is 3.03. The number of rotatable bonds is 3. The number of nitrogens with zero attached hydrogens (tertiary/aromatic N) is 2. The van der Waals surface area contributed by atoms with E-state index in [-0.39, 0.29) is 9.34 Å². The molecule has 3 nitrogen and oxygen atoms in total. The minimum Gasteiger partial charge on any atom is -0.340 e. The predicted molar refractivity (Wildman–Crippen MR) is 93.6 cm³/mol. The number of alkyl halides is 1. The van der Waals surface area contributed by atoms with Crippen LogP contribution in [-0.4, -0.2) is 32.8 Å². The Bertz CT molecular complexity index is 617. The number of likely N-dealkylation sites (tertiary alicyclic amines) is 1. The van der Waals surface area contributed by atoms with Gasteiger partial charge in [0.05, 0.1) is 14.3 Å². The molecule has 0 N–H and O–H groups in total. The molecular formula is C16H19IN2OS. The lowest BCUT2D eigenvalue weighted by Crippen LogP contribution is -2.37. The molecule has 1 aliphatic heterocycles. The maximum atomic E-state index is 12.4. The molecule has 3 rings (SSSR count). The topological polar surface area (TPSA) is 33.2 Å². The molecule has 3 unspecified atom stereocenters. The van der Waals surface area contributed by atoms with Crippen LogP contribution in [0, 0.1) is 30.1 Å². The van der Waals surface area contributed by atoms with E-state index in [0.29, 0.717) is 11.8 Å². The zero-order valence-electron chi connectivity index (χ0n) is 12.4. The molecule has 0 spiro atoms. The average Bonchev–Trinajstić information content (AvgIpc) is 2.82.